The number of fused-ring (bicyclic) bond motifs is 2. The number of hydrogen-bond donors (Lipinski definition) is 1. The zero-order chi connectivity index (χ0) is 9.54. The summed E-state index contributed by atoms with van der Waals surface area (Å²) in [7, 11) is 0. The molecule has 0 radical (unpaired) electrons. The second kappa shape index (κ2) is 2.54. The third-order valence-corrected chi connectivity index (χ3v) is 2.51. The van der Waals surface area contributed by atoms with Gasteiger partial charge in [-0.15, -0.1) is 0 Å². The lowest BCUT2D eigenvalue weighted by atomic mass is 10.0. The Morgan fingerprint density at radius 2 is 2.29 bits per heavy atom. The molecule has 3 nitrogen and oxygen atoms in total. The molecule has 0 atom stereocenters. The van der Waals surface area contributed by atoms with Gasteiger partial charge in [-0.2, -0.15) is 0 Å². The van der Waals surface area contributed by atoms with E-state index in [2.05, 4.69) is 16.1 Å². The summed E-state index contributed by atoms with van der Waals surface area (Å²) >= 11 is 0. The van der Waals surface area contributed by atoms with Crippen LogP contribution in [0, 0.1) is 0 Å². The quantitative estimate of drug-likeness (QED) is 0.628. The molecule has 1 aromatic rings. The molecule has 1 aromatic heterocycles. The first kappa shape index (κ1) is 7.50. The van der Waals surface area contributed by atoms with Crippen molar-refractivity contribution in [3.05, 3.63) is 46.9 Å². The molecule has 0 bridgehead atoms. The largest absolute Gasteiger partial charge is 0.398 e. The fourth-order valence-electron chi connectivity index (χ4n) is 1.86. The lowest BCUT2D eigenvalue weighted by Crippen LogP contribution is -2.29. The summed E-state index contributed by atoms with van der Waals surface area (Å²) in [5, 5.41) is 1.02. The van der Waals surface area contributed by atoms with Crippen molar-refractivity contribution in [1.29, 1.82) is 0 Å². The SMILES string of the molecule is Nc1ccnc2c1=C1CC=CC=C1N=2. The van der Waals surface area contributed by atoms with Gasteiger partial charge in [0.15, 0.2) is 5.49 Å². The molecule has 14 heavy (non-hydrogen) atoms. The molecule has 3 rings (SSSR count). The summed E-state index contributed by atoms with van der Waals surface area (Å²) < 4.78 is 0. The van der Waals surface area contributed by atoms with Crippen molar-refractivity contribution in [2.24, 2.45) is 4.99 Å². The van der Waals surface area contributed by atoms with E-state index in [1.54, 1.807) is 6.20 Å². The van der Waals surface area contributed by atoms with E-state index >= 15 is 0 Å². The molecule has 2 N–H and O–H groups in total. The zero-order valence-corrected chi connectivity index (χ0v) is 7.57. The number of aromatic nitrogens is 1. The van der Waals surface area contributed by atoms with Gasteiger partial charge in [-0.25, -0.2) is 9.98 Å². The highest BCUT2D eigenvalue weighted by molar-refractivity contribution is 5.72. The Balaban J connectivity index is 2.49. The molecule has 1 aliphatic heterocycles. The van der Waals surface area contributed by atoms with E-state index in [0.29, 0.717) is 0 Å². The van der Waals surface area contributed by atoms with Crippen LogP contribution in [-0.2, 0) is 0 Å². The average molecular weight is 183 g/mol. The van der Waals surface area contributed by atoms with Crippen molar-refractivity contribution >= 4 is 11.3 Å². The molecule has 0 amide bonds. The number of hydrogen-bond acceptors (Lipinski definition) is 3. The monoisotopic (exact) mass is 183 g/mol. The molecular weight excluding hydrogens is 174 g/mol. The highest BCUT2D eigenvalue weighted by atomic mass is 14.9. The average Bonchev–Trinajstić information content (AvgIpc) is 2.57. The molecular formula is C11H9N3. The standard InChI is InChI=1S/C11H9N3/c12-8-5-6-13-11-10(8)7-3-1-2-4-9(7)14-11/h1-2,4-6H,3,12H2. The van der Waals surface area contributed by atoms with Crippen molar-refractivity contribution in [1.82, 2.24) is 4.98 Å². The molecule has 0 saturated carbocycles. The van der Waals surface area contributed by atoms with Crippen LogP contribution in [0.4, 0.5) is 5.69 Å². The fourth-order valence-corrected chi connectivity index (χ4v) is 1.86. The van der Waals surface area contributed by atoms with Crippen LogP contribution in [0.2, 0.25) is 0 Å². The van der Waals surface area contributed by atoms with E-state index in [0.717, 1.165) is 28.5 Å². The predicted octanol–water partition coefficient (Wildman–Crippen LogP) is 0.292. The van der Waals surface area contributed by atoms with Crippen molar-refractivity contribution in [3.8, 4) is 0 Å². The van der Waals surface area contributed by atoms with Gasteiger partial charge in [-0.1, -0.05) is 12.2 Å². The predicted molar refractivity (Wildman–Crippen MR) is 54.7 cm³/mol. The third kappa shape index (κ3) is 0.865. The topological polar surface area (TPSA) is 51.3 Å². The van der Waals surface area contributed by atoms with Crippen LogP contribution in [0.1, 0.15) is 6.42 Å². The Kier molecular flexibility index (Phi) is 1.36. The minimum absolute atomic E-state index is 0.759. The van der Waals surface area contributed by atoms with Crippen molar-refractivity contribution < 1.29 is 0 Å². The van der Waals surface area contributed by atoms with Gasteiger partial charge < -0.3 is 5.73 Å². The Morgan fingerprint density at radius 3 is 3.21 bits per heavy atom. The molecule has 0 unspecified atom stereocenters. The lowest BCUT2D eigenvalue weighted by molar-refractivity contribution is 1.13. The normalized spacial score (nSPS) is 17.1. The number of pyridine rings is 1. The van der Waals surface area contributed by atoms with E-state index in [1.807, 2.05) is 18.2 Å². The fraction of sp³-hybridized carbons (Fsp3) is 0.0909. The first-order valence-electron chi connectivity index (χ1n) is 4.56. The molecule has 0 saturated heterocycles. The van der Waals surface area contributed by atoms with Gasteiger partial charge in [0.25, 0.3) is 0 Å². The molecule has 0 spiro atoms. The maximum absolute atomic E-state index is 5.91. The first-order chi connectivity index (χ1) is 6.86. The van der Waals surface area contributed by atoms with Gasteiger partial charge in [0.1, 0.15) is 0 Å². The highest BCUT2D eigenvalue weighted by Gasteiger charge is 2.15. The maximum Gasteiger partial charge on any atom is 0.162 e. The van der Waals surface area contributed by atoms with Crippen molar-refractivity contribution in [3.63, 3.8) is 0 Å². The minimum Gasteiger partial charge on any atom is -0.398 e. The van der Waals surface area contributed by atoms with Gasteiger partial charge in [-0.3, -0.25) is 0 Å². The first-order valence-corrected chi connectivity index (χ1v) is 4.56. The van der Waals surface area contributed by atoms with Crippen LogP contribution < -0.4 is 16.4 Å². The summed E-state index contributed by atoms with van der Waals surface area (Å²) in [6, 6.07) is 1.82. The Labute approximate surface area is 81.0 Å². The summed E-state index contributed by atoms with van der Waals surface area (Å²) in [6.45, 7) is 0. The van der Waals surface area contributed by atoms with E-state index in [9.17, 15) is 0 Å². The van der Waals surface area contributed by atoms with E-state index in [-0.39, 0.29) is 0 Å². The van der Waals surface area contributed by atoms with Crippen molar-refractivity contribution in [2.45, 2.75) is 6.42 Å². The number of anilines is 1. The number of nitrogen functional groups attached to an aromatic ring is 1. The number of nitrogens with zero attached hydrogens (tertiary/aromatic N) is 2. The van der Waals surface area contributed by atoms with E-state index < -0.39 is 0 Å². The van der Waals surface area contributed by atoms with Crippen LogP contribution in [0.15, 0.2) is 41.2 Å². The van der Waals surface area contributed by atoms with Gasteiger partial charge in [0, 0.05) is 17.1 Å². The molecule has 68 valence electrons. The van der Waals surface area contributed by atoms with Gasteiger partial charge in [0.2, 0.25) is 0 Å². The van der Waals surface area contributed by atoms with Crippen LogP contribution in [0.3, 0.4) is 0 Å². The third-order valence-electron chi connectivity index (χ3n) is 2.51. The summed E-state index contributed by atoms with van der Waals surface area (Å²) in [5.74, 6) is 0. The Morgan fingerprint density at radius 1 is 1.36 bits per heavy atom. The lowest BCUT2D eigenvalue weighted by Gasteiger charge is -2.03. The summed E-state index contributed by atoms with van der Waals surface area (Å²) in [5.41, 5.74) is 9.65. The molecule has 2 aliphatic rings. The molecule has 0 fully saturated rings. The second-order valence-corrected chi connectivity index (χ2v) is 3.37. The number of allylic oxidation sites excluding steroid dienone is 4. The summed E-state index contributed by atoms with van der Waals surface area (Å²) in [6.07, 6.45) is 8.72. The molecule has 0 aromatic carbocycles. The van der Waals surface area contributed by atoms with Crippen LogP contribution in [0.5, 0.6) is 0 Å². The Bertz CT molecular complexity index is 579. The van der Waals surface area contributed by atoms with Crippen molar-refractivity contribution in [2.75, 3.05) is 5.73 Å². The smallest absolute Gasteiger partial charge is 0.162 e. The van der Waals surface area contributed by atoms with Gasteiger partial charge >= 0.3 is 0 Å². The van der Waals surface area contributed by atoms with E-state index in [4.69, 9.17) is 5.73 Å². The number of nitrogens with two attached hydrogens (primary N) is 1. The van der Waals surface area contributed by atoms with Gasteiger partial charge in [0.05, 0.1) is 5.70 Å². The second-order valence-electron chi connectivity index (χ2n) is 3.37. The van der Waals surface area contributed by atoms with Crippen LogP contribution in [-0.4, -0.2) is 4.98 Å². The molecule has 2 heterocycles. The zero-order valence-electron chi connectivity index (χ0n) is 7.57. The van der Waals surface area contributed by atoms with Crippen LogP contribution in [0.25, 0.3) is 5.57 Å². The van der Waals surface area contributed by atoms with Gasteiger partial charge in [-0.05, 0) is 24.1 Å². The summed E-state index contributed by atoms with van der Waals surface area (Å²) in [4.78, 5) is 8.62. The highest BCUT2D eigenvalue weighted by Crippen LogP contribution is 2.22. The number of rotatable bonds is 0. The van der Waals surface area contributed by atoms with Crippen LogP contribution >= 0.6 is 0 Å². The Hall–Kier alpha value is -1.90. The molecule has 3 heteroatoms. The molecule has 1 aliphatic carbocycles. The minimum atomic E-state index is 0.759. The van der Waals surface area contributed by atoms with E-state index in [1.165, 1.54) is 5.57 Å². The maximum atomic E-state index is 5.91.